The number of aryl methyl sites for hydroxylation is 2. The van der Waals surface area contributed by atoms with Crippen molar-refractivity contribution in [2.24, 2.45) is 0 Å². The van der Waals surface area contributed by atoms with E-state index in [1.807, 2.05) is 85.8 Å². The van der Waals surface area contributed by atoms with Gasteiger partial charge in [-0.05, 0) is 93.9 Å². The van der Waals surface area contributed by atoms with Crippen molar-refractivity contribution in [3.8, 4) is 62.2 Å². The summed E-state index contributed by atoms with van der Waals surface area (Å²) in [7, 11) is 0. The van der Waals surface area contributed by atoms with Crippen molar-refractivity contribution in [1.82, 2.24) is 24.9 Å². The van der Waals surface area contributed by atoms with Gasteiger partial charge in [0.05, 0.1) is 5.52 Å². The van der Waals surface area contributed by atoms with Crippen LogP contribution in [0.3, 0.4) is 0 Å². The molecule has 3 heterocycles. The first-order valence-electron chi connectivity index (χ1n) is 18.9. The summed E-state index contributed by atoms with van der Waals surface area (Å²) in [6, 6.07) is 59.5. The van der Waals surface area contributed by atoms with Crippen molar-refractivity contribution in [1.29, 1.82) is 0 Å². The molecule has 6 nitrogen and oxygen atoms in total. The Morgan fingerprint density at radius 1 is 0.397 bits per heavy atom. The van der Waals surface area contributed by atoms with Crippen molar-refractivity contribution in [2.75, 3.05) is 0 Å². The largest absolute Gasteiger partial charge is 1.00 e. The van der Waals surface area contributed by atoms with Crippen molar-refractivity contribution in [3.05, 3.63) is 194 Å². The normalized spacial score (nSPS) is 10.9. The van der Waals surface area contributed by atoms with E-state index >= 15 is 0 Å². The molecule has 10 aromatic rings. The first kappa shape index (κ1) is 37.9. The van der Waals surface area contributed by atoms with Crippen LogP contribution in [0, 0.1) is 13.8 Å². The molecule has 0 unspecified atom stereocenters. The minimum Gasteiger partial charge on any atom is -0.871 e. The third kappa shape index (κ3) is 7.72. The summed E-state index contributed by atoms with van der Waals surface area (Å²) in [6.07, 6.45) is 1.63. The predicted molar refractivity (Wildman–Crippen MR) is 230 cm³/mol. The summed E-state index contributed by atoms with van der Waals surface area (Å²) in [5.74, 6) is 1.89. The fourth-order valence-electron chi connectivity index (χ4n) is 7.37. The number of fused-ring (bicyclic) bond motifs is 4. The van der Waals surface area contributed by atoms with Crippen LogP contribution in [0.2, 0.25) is 0 Å². The molecule has 7 aromatic carbocycles. The first-order valence-corrected chi connectivity index (χ1v) is 18.9. The van der Waals surface area contributed by atoms with E-state index in [1.54, 1.807) is 12.3 Å². The molecule has 0 spiro atoms. The van der Waals surface area contributed by atoms with Gasteiger partial charge in [0.15, 0.2) is 17.5 Å². The van der Waals surface area contributed by atoms with Crippen LogP contribution in [0.15, 0.2) is 182 Å². The third-order valence-electron chi connectivity index (χ3n) is 10.1. The second-order valence-electron chi connectivity index (χ2n) is 13.9. The van der Waals surface area contributed by atoms with Crippen LogP contribution in [0.4, 0.5) is 0 Å². The molecule has 0 N–H and O–H groups in total. The third-order valence-corrected chi connectivity index (χ3v) is 10.1. The van der Waals surface area contributed by atoms with Crippen LogP contribution in [-0.2, 0) is 0 Å². The van der Waals surface area contributed by atoms with Crippen LogP contribution in [0.1, 0.15) is 11.4 Å². The zero-order valence-electron chi connectivity index (χ0n) is 32.5. The number of benzene rings is 7. The van der Waals surface area contributed by atoms with Crippen molar-refractivity contribution in [3.63, 3.8) is 0 Å². The number of hydrogen-bond donors (Lipinski definition) is 0. The number of pyridine rings is 2. The van der Waals surface area contributed by atoms with E-state index in [0.29, 0.717) is 23.0 Å². The van der Waals surface area contributed by atoms with Gasteiger partial charge < -0.3 is 5.11 Å². The van der Waals surface area contributed by atoms with Crippen LogP contribution in [-0.4, -0.2) is 24.9 Å². The quantitative estimate of drug-likeness (QED) is 0.130. The summed E-state index contributed by atoms with van der Waals surface area (Å²) < 4.78 is 0. The molecule has 0 radical (unpaired) electrons. The Kier molecular flexibility index (Phi) is 10.9. The average Bonchev–Trinajstić information content (AvgIpc) is 3.27. The maximum Gasteiger partial charge on any atom is 1.00 e. The summed E-state index contributed by atoms with van der Waals surface area (Å²) in [4.78, 5) is 23.9. The van der Waals surface area contributed by atoms with Crippen LogP contribution >= 0.6 is 0 Å². The molecule has 0 aliphatic carbocycles. The standard InChI is InChI=1S/C42H30N4.C9H7NO.Li/c1-27-21-22-35(28(2)43-27)32-23-33(39-26-31-17-9-10-18-36(31)37-19-11-12-20-38(37)39)25-34(24-32)42-45-40(29-13-5-3-6-14-29)44-41(46-42)30-15-7-4-8-16-30;11-8-5-1-3-7-4-2-6-10-9(7)8;/h3-26H,1-2H3;1-6,11H;/q;;+1/p-1. The molecule has 272 valence electrons. The maximum absolute atomic E-state index is 11.1. The zero-order valence-corrected chi connectivity index (χ0v) is 32.5. The molecule has 3 aromatic heterocycles. The van der Waals surface area contributed by atoms with Gasteiger partial charge in [0.2, 0.25) is 0 Å². The number of para-hydroxylation sites is 1. The SMILES string of the molecule is Cc1ccc(-c2cc(-c3nc(-c4ccccc4)nc(-c4ccccc4)n3)cc(-c3cc4ccccc4c4ccccc34)c2)c(C)n1.[Li+].[O-]c1cccc2cccnc12. The van der Waals surface area contributed by atoms with Crippen LogP contribution < -0.4 is 24.0 Å². The van der Waals surface area contributed by atoms with Gasteiger partial charge >= 0.3 is 18.9 Å². The fraction of sp³-hybridized carbons (Fsp3) is 0.0392. The number of hydrogen-bond acceptors (Lipinski definition) is 6. The van der Waals surface area contributed by atoms with Gasteiger partial charge in [0.1, 0.15) is 0 Å². The molecule has 0 saturated heterocycles. The van der Waals surface area contributed by atoms with E-state index in [1.165, 1.54) is 27.6 Å². The molecule has 0 bridgehead atoms. The summed E-state index contributed by atoms with van der Waals surface area (Å²) in [5, 5.41) is 16.9. The predicted octanol–water partition coefficient (Wildman–Crippen LogP) is 8.84. The first-order chi connectivity index (χ1) is 28.0. The van der Waals surface area contributed by atoms with E-state index in [0.717, 1.165) is 55.7 Å². The van der Waals surface area contributed by atoms with E-state index < -0.39 is 0 Å². The molecule has 0 aliphatic rings. The van der Waals surface area contributed by atoms with Crippen molar-refractivity contribution >= 4 is 32.4 Å². The van der Waals surface area contributed by atoms with Gasteiger partial charge in [0.25, 0.3) is 0 Å². The average molecular weight is 742 g/mol. The monoisotopic (exact) mass is 741 g/mol. The van der Waals surface area contributed by atoms with E-state index in [4.69, 9.17) is 19.9 Å². The second kappa shape index (κ2) is 16.6. The van der Waals surface area contributed by atoms with Gasteiger partial charge in [-0.2, -0.15) is 0 Å². The smallest absolute Gasteiger partial charge is 0.871 e. The van der Waals surface area contributed by atoms with E-state index in [9.17, 15) is 5.11 Å². The fourth-order valence-corrected chi connectivity index (χ4v) is 7.37. The number of rotatable bonds is 5. The Morgan fingerprint density at radius 3 is 1.59 bits per heavy atom. The summed E-state index contributed by atoms with van der Waals surface area (Å²) in [6.45, 7) is 4.10. The minimum absolute atomic E-state index is 0. The molecule has 0 atom stereocenters. The maximum atomic E-state index is 11.1. The van der Waals surface area contributed by atoms with Gasteiger partial charge in [0, 0.05) is 39.8 Å². The van der Waals surface area contributed by atoms with Gasteiger partial charge in [-0.1, -0.05) is 145 Å². The van der Waals surface area contributed by atoms with Crippen molar-refractivity contribution < 1.29 is 24.0 Å². The van der Waals surface area contributed by atoms with Gasteiger partial charge in [-0.25, -0.2) is 15.0 Å². The zero-order chi connectivity index (χ0) is 38.7. The molecule has 7 heteroatoms. The minimum atomic E-state index is -0.0110. The van der Waals surface area contributed by atoms with Crippen molar-refractivity contribution in [2.45, 2.75) is 13.8 Å². The van der Waals surface area contributed by atoms with E-state index in [2.05, 4.69) is 96.8 Å². The van der Waals surface area contributed by atoms with E-state index in [-0.39, 0.29) is 24.6 Å². The topological polar surface area (TPSA) is 87.5 Å². The Bertz CT molecular complexity index is 3000. The molecule has 10 rings (SSSR count). The molecule has 0 fully saturated rings. The van der Waals surface area contributed by atoms with Crippen LogP contribution in [0.25, 0.3) is 88.9 Å². The Labute approximate surface area is 349 Å². The Balaban J connectivity index is 0.000000337. The molecule has 58 heavy (non-hydrogen) atoms. The summed E-state index contributed by atoms with van der Waals surface area (Å²) in [5.41, 5.74) is 9.74. The number of nitrogens with zero attached hydrogens (tertiary/aromatic N) is 5. The Hall–Kier alpha value is -6.97. The van der Waals surface area contributed by atoms with Gasteiger partial charge in [-0.15, -0.1) is 0 Å². The molecule has 0 amide bonds. The second-order valence-corrected chi connectivity index (χ2v) is 13.9. The molecule has 0 saturated carbocycles. The number of aromatic nitrogens is 5. The molecular weight excluding hydrogens is 706 g/mol. The molecule has 0 aliphatic heterocycles. The summed E-state index contributed by atoms with van der Waals surface area (Å²) >= 11 is 0. The Morgan fingerprint density at radius 2 is 0.931 bits per heavy atom. The van der Waals surface area contributed by atoms with Gasteiger partial charge in [-0.3, -0.25) is 9.97 Å². The van der Waals surface area contributed by atoms with Crippen LogP contribution in [0.5, 0.6) is 5.75 Å². The molecular formula is C51H36LiN5O.